The summed E-state index contributed by atoms with van der Waals surface area (Å²) in [5, 5.41) is 76.2. The normalized spacial score (nSPS) is 20.3. The van der Waals surface area contributed by atoms with Crippen molar-refractivity contribution in [3.63, 3.8) is 0 Å². The molecule has 0 aromatic carbocycles. The maximum atomic E-state index is 13.2. The van der Waals surface area contributed by atoms with Crippen molar-refractivity contribution in [2.24, 2.45) is 0 Å². The van der Waals surface area contributed by atoms with Crippen molar-refractivity contribution in [1.29, 1.82) is 0 Å². The number of aliphatic hydroxyl groups is 7. The first-order valence-electron chi connectivity index (χ1n) is 30.2. The van der Waals surface area contributed by atoms with E-state index < -0.39 is 74.2 Å². The fraction of sp³-hybridized carbons (Fsp3) is 0.917. The summed E-state index contributed by atoms with van der Waals surface area (Å²) in [7, 11) is 0. The number of unbranched alkanes of at least 4 members (excludes halogenated alkanes) is 36. The van der Waals surface area contributed by atoms with Crippen LogP contribution in [0, 0.1) is 0 Å². The van der Waals surface area contributed by atoms with Crippen molar-refractivity contribution in [3.05, 3.63) is 24.3 Å². The minimum Gasteiger partial charge on any atom is -0.394 e. The van der Waals surface area contributed by atoms with Gasteiger partial charge in [0.1, 0.15) is 36.6 Å². The zero-order valence-electron chi connectivity index (χ0n) is 46.0. The lowest BCUT2D eigenvalue weighted by Crippen LogP contribution is -2.60. The van der Waals surface area contributed by atoms with Gasteiger partial charge in [0.05, 0.1) is 25.4 Å². The summed E-state index contributed by atoms with van der Waals surface area (Å²) in [6.45, 7) is 3.47. The molecule has 0 saturated carbocycles. The van der Waals surface area contributed by atoms with Gasteiger partial charge in [-0.15, -0.1) is 0 Å². The summed E-state index contributed by atoms with van der Waals surface area (Å²) >= 11 is 0. The van der Waals surface area contributed by atoms with E-state index in [9.17, 15) is 40.5 Å². The number of amides is 1. The van der Waals surface area contributed by atoms with Gasteiger partial charge >= 0.3 is 0 Å². The number of carbonyl (C=O) groups excluding carboxylic acids is 1. The molecule has 420 valence electrons. The summed E-state index contributed by atoms with van der Waals surface area (Å²) in [6, 6.07) is -1.19. The highest BCUT2D eigenvalue weighted by Crippen LogP contribution is 2.23. The second-order valence-electron chi connectivity index (χ2n) is 21.4. The Bertz CT molecular complexity index is 1200. The van der Waals surface area contributed by atoms with Crippen LogP contribution in [-0.2, 0) is 14.3 Å². The number of ether oxygens (including phenoxy) is 2. The lowest BCUT2D eigenvalue weighted by molar-refractivity contribution is -0.303. The summed E-state index contributed by atoms with van der Waals surface area (Å²) in [5.41, 5.74) is 0. The standard InChI is InChI=1S/C60H115NO10/c1-3-5-7-9-11-13-15-17-19-21-23-24-25-26-27-28-29-30-32-33-35-37-39-41-43-45-47-52(63)55(65)51(50-70-60-58(68)57(67)56(66)54(49-62)71-60)61-59(69)53(64)48-46-44-42-40-38-36-34-31-22-20-18-16-14-12-10-8-6-4-2/h32-33,39,41,51-58,60,62-68H,3-31,34-38,40,42-50H2,1-2H3,(H,61,69)/b33-32+,41-39+. The quantitative estimate of drug-likeness (QED) is 0.0215. The second-order valence-corrected chi connectivity index (χ2v) is 21.4. The molecular formula is C60H115NO10. The Kier molecular flexibility index (Phi) is 47.1. The summed E-state index contributed by atoms with van der Waals surface area (Å²) in [4.78, 5) is 13.2. The molecule has 1 aliphatic rings. The number of allylic oxidation sites excluding steroid dienone is 4. The molecule has 0 aromatic heterocycles. The van der Waals surface area contributed by atoms with Crippen molar-refractivity contribution in [1.82, 2.24) is 5.32 Å². The predicted octanol–water partition coefficient (Wildman–Crippen LogP) is 12.9. The van der Waals surface area contributed by atoms with E-state index >= 15 is 0 Å². The third kappa shape index (κ3) is 37.9. The maximum Gasteiger partial charge on any atom is 0.249 e. The molecule has 9 atom stereocenters. The lowest BCUT2D eigenvalue weighted by atomic mass is 9.98. The monoisotopic (exact) mass is 1010 g/mol. The van der Waals surface area contributed by atoms with Gasteiger partial charge in [0.2, 0.25) is 5.91 Å². The van der Waals surface area contributed by atoms with E-state index in [-0.39, 0.29) is 12.8 Å². The molecule has 1 aliphatic heterocycles. The molecule has 0 spiro atoms. The topological polar surface area (TPSA) is 189 Å². The smallest absolute Gasteiger partial charge is 0.249 e. The van der Waals surface area contributed by atoms with Crippen LogP contribution in [0.15, 0.2) is 24.3 Å². The van der Waals surface area contributed by atoms with Gasteiger partial charge < -0.3 is 50.5 Å². The molecule has 8 N–H and O–H groups in total. The zero-order valence-corrected chi connectivity index (χ0v) is 46.0. The highest BCUT2D eigenvalue weighted by molar-refractivity contribution is 5.80. The molecule has 1 rings (SSSR count). The van der Waals surface area contributed by atoms with Gasteiger partial charge in [-0.1, -0.05) is 256 Å². The first-order chi connectivity index (χ1) is 34.7. The van der Waals surface area contributed by atoms with Crippen molar-refractivity contribution in [2.45, 2.75) is 339 Å². The molecule has 0 bridgehead atoms. The van der Waals surface area contributed by atoms with E-state index in [1.165, 1.54) is 199 Å². The Morgan fingerprint density at radius 2 is 0.845 bits per heavy atom. The Balaban J connectivity index is 2.31. The van der Waals surface area contributed by atoms with Gasteiger partial charge in [0.25, 0.3) is 0 Å². The van der Waals surface area contributed by atoms with E-state index in [1.54, 1.807) is 0 Å². The third-order valence-electron chi connectivity index (χ3n) is 14.7. The summed E-state index contributed by atoms with van der Waals surface area (Å²) < 4.78 is 11.1. The number of aliphatic hydroxyl groups excluding tert-OH is 7. The van der Waals surface area contributed by atoms with E-state index in [2.05, 4.69) is 43.5 Å². The van der Waals surface area contributed by atoms with Crippen LogP contribution in [0.1, 0.15) is 284 Å². The highest BCUT2D eigenvalue weighted by atomic mass is 16.7. The van der Waals surface area contributed by atoms with Crippen LogP contribution in [0.5, 0.6) is 0 Å². The second kappa shape index (κ2) is 49.5. The first-order valence-corrected chi connectivity index (χ1v) is 30.2. The summed E-state index contributed by atoms with van der Waals surface area (Å²) in [6.07, 6.45) is 48.1. The third-order valence-corrected chi connectivity index (χ3v) is 14.7. The molecule has 71 heavy (non-hydrogen) atoms. The fourth-order valence-electron chi connectivity index (χ4n) is 9.81. The zero-order chi connectivity index (χ0) is 51.8. The fourth-order valence-corrected chi connectivity index (χ4v) is 9.81. The minimum absolute atomic E-state index is 0.249. The highest BCUT2D eigenvalue weighted by Gasteiger charge is 2.44. The van der Waals surface area contributed by atoms with E-state index in [1.807, 2.05) is 0 Å². The molecular weight excluding hydrogens is 895 g/mol. The summed E-state index contributed by atoms with van der Waals surface area (Å²) in [5.74, 6) is -0.706. The number of nitrogens with one attached hydrogen (secondary N) is 1. The maximum absolute atomic E-state index is 13.2. The van der Waals surface area contributed by atoms with Crippen LogP contribution in [0.4, 0.5) is 0 Å². The number of hydrogen-bond acceptors (Lipinski definition) is 10. The Hall–Kier alpha value is -1.41. The van der Waals surface area contributed by atoms with Gasteiger partial charge in [-0.05, 0) is 51.4 Å². The molecule has 0 aliphatic carbocycles. The van der Waals surface area contributed by atoms with Crippen LogP contribution in [0.25, 0.3) is 0 Å². The van der Waals surface area contributed by atoms with Crippen molar-refractivity contribution in [3.8, 4) is 0 Å². The molecule has 1 heterocycles. The minimum atomic E-state index is -1.67. The molecule has 1 amide bonds. The molecule has 0 aromatic rings. The number of carbonyl (C=O) groups is 1. The number of hydrogen-bond donors (Lipinski definition) is 8. The van der Waals surface area contributed by atoms with E-state index in [0.29, 0.717) is 19.3 Å². The van der Waals surface area contributed by atoms with Crippen molar-refractivity contribution >= 4 is 5.91 Å². The SMILES string of the molecule is CCCCCCCCCCCCCCCCCCC/C=C/CC/C=C/CCCC(O)C(O)C(COC1OC(CO)C(O)C(O)C1O)NC(=O)C(O)CCCCCCCCCCCCCCCCCCCC. The van der Waals surface area contributed by atoms with Crippen LogP contribution in [0.3, 0.4) is 0 Å². The van der Waals surface area contributed by atoms with Gasteiger partial charge in [-0.3, -0.25) is 4.79 Å². The molecule has 1 fully saturated rings. The average molecular weight is 1010 g/mol. The Labute approximate surface area is 435 Å². The lowest BCUT2D eigenvalue weighted by Gasteiger charge is -2.40. The van der Waals surface area contributed by atoms with Crippen molar-refractivity contribution < 1.29 is 50.0 Å². The van der Waals surface area contributed by atoms with Crippen LogP contribution < -0.4 is 5.32 Å². The molecule has 1 saturated heterocycles. The van der Waals surface area contributed by atoms with E-state index in [4.69, 9.17) is 9.47 Å². The van der Waals surface area contributed by atoms with Crippen LogP contribution >= 0.6 is 0 Å². The van der Waals surface area contributed by atoms with Gasteiger partial charge in [0, 0.05) is 0 Å². The Morgan fingerprint density at radius 1 is 0.479 bits per heavy atom. The largest absolute Gasteiger partial charge is 0.394 e. The predicted molar refractivity (Wildman–Crippen MR) is 293 cm³/mol. The van der Waals surface area contributed by atoms with Crippen LogP contribution in [0.2, 0.25) is 0 Å². The van der Waals surface area contributed by atoms with Gasteiger partial charge in [-0.2, -0.15) is 0 Å². The molecule has 0 radical (unpaired) electrons. The number of rotatable bonds is 52. The average Bonchev–Trinajstić information content (AvgIpc) is 3.37. The molecule has 9 unspecified atom stereocenters. The van der Waals surface area contributed by atoms with Crippen LogP contribution in [-0.4, -0.2) is 110 Å². The van der Waals surface area contributed by atoms with Gasteiger partial charge in [-0.25, -0.2) is 0 Å². The van der Waals surface area contributed by atoms with Gasteiger partial charge in [0.15, 0.2) is 6.29 Å². The molecule has 11 nitrogen and oxygen atoms in total. The van der Waals surface area contributed by atoms with Crippen molar-refractivity contribution in [2.75, 3.05) is 13.2 Å². The molecule has 11 heteroatoms. The Morgan fingerprint density at radius 3 is 1.25 bits per heavy atom. The first kappa shape index (κ1) is 67.6. The van der Waals surface area contributed by atoms with E-state index in [0.717, 1.165) is 38.5 Å².